The number of hydrogen-bond acceptors (Lipinski definition) is 4. The van der Waals surface area contributed by atoms with Gasteiger partial charge in [-0.3, -0.25) is 9.59 Å². The summed E-state index contributed by atoms with van der Waals surface area (Å²) in [5.41, 5.74) is 0. The van der Waals surface area contributed by atoms with Crippen LogP contribution in [0.2, 0.25) is 0 Å². The minimum absolute atomic E-state index is 0.271. The van der Waals surface area contributed by atoms with E-state index in [4.69, 9.17) is 9.47 Å². The summed E-state index contributed by atoms with van der Waals surface area (Å²) >= 11 is 0. The molecule has 0 aromatic heterocycles. The number of hydrogen-bond donors (Lipinski definition) is 0. The van der Waals surface area contributed by atoms with E-state index in [1.54, 1.807) is 0 Å². The lowest BCUT2D eigenvalue weighted by Crippen LogP contribution is -2.25. The van der Waals surface area contributed by atoms with Gasteiger partial charge in [0.1, 0.15) is 0 Å². The molecule has 0 spiro atoms. The van der Waals surface area contributed by atoms with Gasteiger partial charge < -0.3 is 9.47 Å². The van der Waals surface area contributed by atoms with Gasteiger partial charge in [-0.15, -0.1) is 0 Å². The van der Waals surface area contributed by atoms with Crippen LogP contribution in [0.1, 0.15) is 64.7 Å². The highest BCUT2D eigenvalue weighted by Crippen LogP contribution is 2.33. The van der Waals surface area contributed by atoms with Gasteiger partial charge in [0.2, 0.25) is 11.6 Å². The normalized spacial score (nSPS) is 23.7. The molecule has 0 atom stereocenters. The van der Waals surface area contributed by atoms with E-state index in [0.29, 0.717) is 31.6 Å². The molecule has 0 heterocycles. The summed E-state index contributed by atoms with van der Waals surface area (Å²) in [6.07, 6.45) is 7.60. The van der Waals surface area contributed by atoms with Crippen LogP contribution in [0.3, 0.4) is 0 Å². The van der Waals surface area contributed by atoms with Crippen molar-refractivity contribution in [2.45, 2.75) is 64.7 Å². The highest BCUT2D eigenvalue weighted by molar-refractivity contribution is 5.76. The highest BCUT2D eigenvalue weighted by atomic mass is 19.2. The first kappa shape index (κ1) is 19.8. The summed E-state index contributed by atoms with van der Waals surface area (Å²) in [5, 5.41) is 0. The van der Waals surface area contributed by atoms with Crippen molar-refractivity contribution in [1.82, 2.24) is 0 Å². The first-order valence-electron chi connectivity index (χ1n) is 9.87. The average Bonchev–Trinajstić information content (AvgIpc) is 2.68. The molecule has 148 valence electrons. The summed E-state index contributed by atoms with van der Waals surface area (Å²) < 4.78 is 38.7. The van der Waals surface area contributed by atoms with Gasteiger partial charge in [-0.1, -0.05) is 26.2 Å². The Kier molecular flexibility index (Phi) is 6.45. The van der Waals surface area contributed by atoms with Crippen LogP contribution in [0.5, 0.6) is 11.5 Å². The van der Waals surface area contributed by atoms with E-state index in [-0.39, 0.29) is 11.8 Å². The zero-order chi connectivity index (χ0) is 19.4. The van der Waals surface area contributed by atoms with E-state index >= 15 is 0 Å². The fraction of sp³-hybridized carbons (Fsp3) is 0.619. The van der Waals surface area contributed by atoms with Crippen LogP contribution in [0.25, 0.3) is 0 Å². The third-order valence-corrected chi connectivity index (χ3v) is 5.72. The van der Waals surface area contributed by atoms with E-state index in [1.807, 2.05) is 0 Å². The molecular formula is C21H26F2O4. The molecule has 2 aliphatic rings. The Morgan fingerprint density at radius 2 is 1.22 bits per heavy atom. The number of carbonyl (C=O) groups excluding carboxylic acids is 2. The molecular weight excluding hydrogens is 354 g/mol. The third kappa shape index (κ3) is 4.85. The molecule has 0 radical (unpaired) electrons. The Labute approximate surface area is 158 Å². The summed E-state index contributed by atoms with van der Waals surface area (Å²) in [6.45, 7) is 2.13. The van der Waals surface area contributed by atoms with E-state index in [2.05, 4.69) is 6.92 Å². The molecule has 4 nitrogen and oxygen atoms in total. The predicted octanol–water partition coefficient (Wildman–Crippen LogP) is 5.18. The largest absolute Gasteiger partial charge is 0.423 e. The van der Waals surface area contributed by atoms with Crippen molar-refractivity contribution in [1.29, 1.82) is 0 Å². The van der Waals surface area contributed by atoms with Gasteiger partial charge in [0.15, 0.2) is 11.5 Å². The molecule has 2 aliphatic carbocycles. The second-order valence-electron chi connectivity index (χ2n) is 7.82. The van der Waals surface area contributed by atoms with Crippen molar-refractivity contribution in [3.05, 3.63) is 23.8 Å². The van der Waals surface area contributed by atoms with Crippen LogP contribution < -0.4 is 9.47 Å². The molecule has 0 N–H and O–H groups in total. The van der Waals surface area contributed by atoms with E-state index in [9.17, 15) is 18.4 Å². The zero-order valence-electron chi connectivity index (χ0n) is 15.6. The summed E-state index contributed by atoms with van der Waals surface area (Å²) in [7, 11) is 0. The van der Waals surface area contributed by atoms with Crippen molar-refractivity contribution >= 4 is 11.9 Å². The van der Waals surface area contributed by atoms with Crippen molar-refractivity contribution in [3.63, 3.8) is 0 Å². The molecule has 0 saturated heterocycles. The molecule has 0 amide bonds. The molecule has 3 rings (SSSR count). The SMILES string of the molecule is CC1CCC(C(=O)Oc2ccc(OC(=O)C3CCCCC3)c(F)c2F)CC1. The van der Waals surface area contributed by atoms with Crippen LogP contribution in [-0.4, -0.2) is 11.9 Å². The van der Waals surface area contributed by atoms with Crippen LogP contribution >= 0.6 is 0 Å². The number of halogens is 2. The van der Waals surface area contributed by atoms with Gasteiger partial charge >= 0.3 is 11.9 Å². The molecule has 0 unspecified atom stereocenters. The fourth-order valence-corrected chi connectivity index (χ4v) is 3.89. The van der Waals surface area contributed by atoms with Gasteiger partial charge in [-0.05, 0) is 56.6 Å². The molecule has 2 saturated carbocycles. The van der Waals surface area contributed by atoms with Gasteiger partial charge in [-0.25, -0.2) is 0 Å². The molecule has 27 heavy (non-hydrogen) atoms. The van der Waals surface area contributed by atoms with Crippen molar-refractivity contribution < 1.29 is 27.8 Å². The average molecular weight is 380 g/mol. The minimum Gasteiger partial charge on any atom is -0.423 e. The lowest BCUT2D eigenvalue weighted by atomic mass is 9.83. The summed E-state index contributed by atoms with van der Waals surface area (Å²) in [4.78, 5) is 24.3. The van der Waals surface area contributed by atoms with E-state index in [0.717, 1.165) is 44.2 Å². The van der Waals surface area contributed by atoms with Crippen LogP contribution in [0, 0.1) is 29.4 Å². The number of esters is 2. The van der Waals surface area contributed by atoms with Gasteiger partial charge in [0, 0.05) is 0 Å². The second kappa shape index (κ2) is 8.81. The Morgan fingerprint density at radius 1 is 0.778 bits per heavy atom. The first-order chi connectivity index (χ1) is 13.0. The van der Waals surface area contributed by atoms with Crippen molar-refractivity contribution in [2.75, 3.05) is 0 Å². The Morgan fingerprint density at radius 3 is 1.70 bits per heavy atom. The third-order valence-electron chi connectivity index (χ3n) is 5.72. The van der Waals surface area contributed by atoms with Crippen LogP contribution in [0.4, 0.5) is 8.78 Å². The van der Waals surface area contributed by atoms with Gasteiger partial charge in [0.05, 0.1) is 11.8 Å². The maximum atomic E-state index is 14.3. The lowest BCUT2D eigenvalue weighted by Gasteiger charge is -2.24. The topological polar surface area (TPSA) is 52.6 Å². The number of rotatable bonds is 4. The molecule has 0 bridgehead atoms. The van der Waals surface area contributed by atoms with Gasteiger partial charge in [0.25, 0.3) is 0 Å². The van der Waals surface area contributed by atoms with Crippen LogP contribution in [-0.2, 0) is 9.59 Å². The smallest absolute Gasteiger partial charge is 0.314 e. The summed E-state index contributed by atoms with van der Waals surface area (Å²) in [6, 6.07) is 2.29. The monoisotopic (exact) mass is 380 g/mol. The fourth-order valence-electron chi connectivity index (χ4n) is 3.89. The number of ether oxygens (including phenoxy) is 2. The Bertz CT molecular complexity index is 690. The van der Waals surface area contributed by atoms with E-state index < -0.39 is 35.1 Å². The highest BCUT2D eigenvalue weighted by Gasteiger charge is 2.29. The number of benzene rings is 1. The molecule has 2 fully saturated rings. The molecule has 1 aromatic carbocycles. The van der Waals surface area contributed by atoms with Crippen molar-refractivity contribution in [2.24, 2.45) is 17.8 Å². The second-order valence-corrected chi connectivity index (χ2v) is 7.82. The Hall–Kier alpha value is -1.98. The standard InChI is InChI=1S/C21H26F2O4/c1-13-7-9-15(10-8-13)21(25)27-17-12-11-16(18(22)19(17)23)26-20(24)14-5-3-2-4-6-14/h11-15H,2-10H2,1H3. The molecule has 6 heteroatoms. The van der Waals surface area contributed by atoms with E-state index in [1.165, 1.54) is 0 Å². The predicted molar refractivity (Wildman–Crippen MR) is 95.3 cm³/mol. The minimum atomic E-state index is -1.30. The summed E-state index contributed by atoms with van der Waals surface area (Å²) in [5.74, 6) is -4.59. The maximum Gasteiger partial charge on any atom is 0.314 e. The maximum absolute atomic E-state index is 14.3. The number of carbonyl (C=O) groups is 2. The zero-order valence-corrected chi connectivity index (χ0v) is 15.6. The lowest BCUT2D eigenvalue weighted by molar-refractivity contribution is -0.141. The Balaban J connectivity index is 1.64. The quantitative estimate of drug-likeness (QED) is 0.533. The molecule has 0 aliphatic heterocycles. The van der Waals surface area contributed by atoms with Gasteiger partial charge in [-0.2, -0.15) is 8.78 Å². The van der Waals surface area contributed by atoms with Crippen molar-refractivity contribution in [3.8, 4) is 11.5 Å². The first-order valence-corrected chi connectivity index (χ1v) is 9.87. The molecule has 1 aromatic rings. The van der Waals surface area contributed by atoms with Crippen LogP contribution in [0.15, 0.2) is 12.1 Å².